The van der Waals surface area contributed by atoms with Crippen LogP contribution < -0.4 is 5.32 Å². The Hall–Kier alpha value is -1.58. The minimum atomic E-state index is 0.370. The van der Waals surface area contributed by atoms with Crippen molar-refractivity contribution in [3.63, 3.8) is 0 Å². The molecule has 0 spiro atoms. The maximum Gasteiger partial charge on any atom is 0.123 e. The van der Waals surface area contributed by atoms with Gasteiger partial charge in [0.1, 0.15) is 5.75 Å². The Bertz CT molecular complexity index is 547. The lowest BCUT2D eigenvalue weighted by Gasteiger charge is -2.27. The lowest BCUT2D eigenvalue weighted by molar-refractivity contribution is 0.234. The zero-order valence-electron chi connectivity index (χ0n) is 10.4. The Morgan fingerprint density at radius 3 is 2.50 bits per heavy atom. The van der Waals surface area contributed by atoms with E-state index in [1.54, 1.807) is 6.07 Å². The Morgan fingerprint density at radius 1 is 1.00 bits per heavy atom. The van der Waals surface area contributed by atoms with E-state index in [-0.39, 0.29) is 0 Å². The van der Waals surface area contributed by atoms with Crippen LogP contribution in [0.4, 0.5) is 0 Å². The highest BCUT2D eigenvalue weighted by Gasteiger charge is 2.12. The second-order valence-corrected chi connectivity index (χ2v) is 4.82. The van der Waals surface area contributed by atoms with Crippen molar-refractivity contribution in [2.75, 3.05) is 26.2 Å². The summed E-state index contributed by atoms with van der Waals surface area (Å²) >= 11 is 0. The minimum Gasteiger partial charge on any atom is -0.507 e. The molecule has 0 atom stereocenters. The molecule has 1 aliphatic rings. The number of hydrogen-bond acceptors (Lipinski definition) is 3. The second-order valence-electron chi connectivity index (χ2n) is 4.82. The van der Waals surface area contributed by atoms with Gasteiger partial charge >= 0.3 is 0 Å². The maximum atomic E-state index is 9.88. The smallest absolute Gasteiger partial charge is 0.123 e. The van der Waals surface area contributed by atoms with E-state index in [9.17, 15) is 5.11 Å². The normalized spacial score (nSPS) is 17.1. The van der Waals surface area contributed by atoms with Gasteiger partial charge < -0.3 is 10.4 Å². The highest BCUT2D eigenvalue weighted by Crippen LogP contribution is 2.28. The number of nitrogens with zero attached hydrogens (tertiary/aromatic N) is 1. The van der Waals surface area contributed by atoms with Crippen LogP contribution >= 0.6 is 0 Å². The lowest BCUT2D eigenvalue weighted by Crippen LogP contribution is -2.42. The third-order valence-corrected chi connectivity index (χ3v) is 3.59. The first-order valence-corrected chi connectivity index (χ1v) is 6.47. The molecule has 2 aromatic rings. The predicted octanol–water partition coefficient (Wildman–Crippen LogP) is 1.95. The van der Waals surface area contributed by atoms with E-state index in [0.29, 0.717) is 5.75 Å². The molecule has 0 radical (unpaired) electrons. The van der Waals surface area contributed by atoms with Gasteiger partial charge in [-0.1, -0.05) is 30.3 Å². The molecule has 0 aliphatic carbocycles. The summed E-state index contributed by atoms with van der Waals surface area (Å²) in [6, 6.07) is 11.9. The SMILES string of the molecule is Oc1ccc(CN2CCNCC2)c2ccccc12. The van der Waals surface area contributed by atoms with Gasteiger partial charge in [-0.05, 0) is 17.0 Å². The van der Waals surface area contributed by atoms with E-state index in [1.807, 2.05) is 24.3 Å². The van der Waals surface area contributed by atoms with Crippen molar-refractivity contribution in [3.8, 4) is 5.75 Å². The van der Waals surface area contributed by atoms with Crippen molar-refractivity contribution in [3.05, 3.63) is 42.0 Å². The fourth-order valence-electron chi connectivity index (χ4n) is 2.59. The predicted molar refractivity (Wildman–Crippen MR) is 73.8 cm³/mol. The average molecular weight is 242 g/mol. The Balaban J connectivity index is 1.94. The molecule has 1 heterocycles. The number of fused-ring (bicyclic) bond motifs is 1. The molecule has 0 amide bonds. The van der Waals surface area contributed by atoms with E-state index in [4.69, 9.17) is 0 Å². The largest absolute Gasteiger partial charge is 0.507 e. The molecular weight excluding hydrogens is 224 g/mol. The molecule has 0 aromatic heterocycles. The van der Waals surface area contributed by atoms with Crippen molar-refractivity contribution in [1.82, 2.24) is 10.2 Å². The molecule has 18 heavy (non-hydrogen) atoms. The topological polar surface area (TPSA) is 35.5 Å². The summed E-state index contributed by atoms with van der Waals surface area (Å²) in [5, 5.41) is 15.4. The van der Waals surface area contributed by atoms with Gasteiger partial charge in [-0.25, -0.2) is 0 Å². The van der Waals surface area contributed by atoms with Crippen molar-refractivity contribution >= 4 is 10.8 Å². The van der Waals surface area contributed by atoms with Crippen molar-refractivity contribution in [1.29, 1.82) is 0 Å². The zero-order chi connectivity index (χ0) is 12.4. The number of aromatic hydroxyl groups is 1. The fourth-order valence-corrected chi connectivity index (χ4v) is 2.59. The molecule has 1 aliphatic heterocycles. The number of piperazine rings is 1. The van der Waals surface area contributed by atoms with Crippen LogP contribution in [0.3, 0.4) is 0 Å². The van der Waals surface area contributed by atoms with Gasteiger partial charge in [-0.3, -0.25) is 4.90 Å². The summed E-state index contributed by atoms with van der Waals surface area (Å²) in [6.07, 6.45) is 0. The molecular formula is C15H18N2O. The van der Waals surface area contributed by atoms with Crippen molar-refractivity contribution in [2.24, 2.45) is 0 Å². The van der Waals surface area contributed by atoms with Crippen LogP contribution in [0.15, 0.2) is 36.4 Å². The summed E-state index contributed by atoms with van der Waals surface area (Å²) in [5.41, 5.74) is 1.30. The Kier molecular flexibility index (Phi) is 3.17. The van der Waals surface area contributed by atoms with Crippen LogP contribution in [0.25, 0.3) is 10.8 Å². The summed E-state index contributed by atoms with van der Waals surface area (Å²) in [6.45, 7) is 5.28. The van der Waals surface area contributed by atoms with Gasteiger partial charge in [-0.15, -0.1) is 0 Å². The van der Waals surface area contributed by atoms with Gasteiger partial charge in [0.05, 0.1) is 0 Å². The highest BCUT2D eigenvalue weighted by atomic mass is 16.3. The third kappa shape index (κ3) is 2.19. The van der Waals surface area contributed by atoms with Gasteiger partial charge in [0.25, 0.3) is 0 Å². The number of rotatable bonds is 2. The number of phenolic OH excluding ortho intramolecular Hbond substituents is 1. The molecule has 94 valence electrons. The highest BCUT2D eigenvalue weighted by molar-refractivity contribution is 5.90. The van der Waals surface area contributed by atoms with Crippen LogP contribution in [0.2, 0.25) is 0 Å². The molecule has 3 rings (SSSR count). The van der Waals surface area contributed by atoms with Gasteiger partial charge in [0.15, 0.2) is 0 Å². The first kappa shape index (κ1) is 11.5. The lowest BCUT2D eigenvalue weighted by atomic mass is 10.0. The molecule has 0 bridgehead atoms. The first-order valence-electron chi connectivity index (χ1n) is 6.47. The molecule has 1 saturated heterocycles. The second kappa shape index (κ2) is 4.96. The molecule has 3 nitrogen and oxygen atoms in total. The van der Waals surface area contributed by atoms with Crippen LogP contribution in [0.1, 0.15) is 5.56 Å². The summed E-state index contributed by atoms with van der Waals surface area (Å²) in [4.78, 5) is 2.45. The van der Waals surface area contributed by atoms with E-state index < -0.39 is 0 Å². The van der Waals surface area contributed by atoms with E-state index >= 15 is 0 Å². The van der Waals surface area contributed by atoms with Crippen LogP contribution in [-0.2, 0) is 6.54 Å². The van der Waals surface area contributed by atoms with Crippen molar-refractivity contribution < 1.29 is 5.11 Å². The number of nitrogens with one attached hydrogen (secondary N) is 1. The quantitative estimate of drug-likeness (QED) is 0.845. The number of phenols is 1. The summed E-state index contributed by atoms with van der Waals surface area (Å²) in [5.74, 6) is 0.370. The summed E-state index contributed by atoms with van der Waals surface area (Å²) in [7, 11) is 0. The molecule has 0 unspecified atom stereocenters. The van der Waals surface area contributed by atoms with E-state index in [1.165, 1.54) is 5.56 Å². The first-order chi connectivity index (χ1) is 8.84. The van der Waals surface area contributed by atoms with Gasteiger partial charge in [0, 0.05) is 38.1 Å². The summed E-state index contributed by atoms with van der Waals surface area (Å²) < 4.78 is 0. The molecule has 2 N–H and O–H groups in total. The van der Waals surface area contributed by atoms with Gasteiger partial charge in [0.2, 0.25) is 0 Å². The Morgan fingerprint density at radius 2 is 1.72 bits per heavy atom. The monoisotopic (exact) mass is 242 g/mol. The molecule has 1 fully saturated rings. The molecule has 2 aromatic carbocycles. The molecule has 0 saturated carbocycles. The Labute approximate surface area is 107 Å². The van der Waals surface area contributed by atoms with E-state index in [0.717, 1.165) is 43.5 Å². The fraction of sp³-hybridized carbons (Fsp3) is 0.333. The van der Waals surface area contributed by atoms with Crippen LogP contribution in [-0.4, -0.2) is 36.2 Å². The number of benzene rings is 2. The third-order valence-electron chi connectivity index (χ3n) is 3.59. The van der Waals surface area contributed by atoms with Crippen LogP contribution in [0.5, 0.6) is 5.75 Å². The van der Waals surface area contributed by atoms with Gasteiger partial charge in [-0.2, -0.15) is 0 Å². The van der Waals surface area contributed by atoms with E-state index in [2.05, 4.69) is 16.3 Å². The minimum absolute atomic E-state index is 0.370. The number of hydrogen-bond donors (Lipinski definition) is 2. The van der Waals surface area contributed by atoms with Crippen LogP contribution in [0, 0.1) is 0 Å². The zero-order valence-corrected chi connectivity index (χ0v) is 10.4. The maximum absolute atomic E-state index is 9.88. The average Bonchev–Trinajstić information content (AvgIpc) is 2.44. The molecule has 3 heteroatoms. The standard InChI is InChI=1S/C15H18N2O/c18-15-6-5-12(11-17-9-7-16-8-10-17)13-3-1-2-4-14(13)15/h1-6,16,18H,7-11H2. The van der Waals surface area contributed by atoms with Crippen molar-refractivity contribution in [2.45, 2.75) is 6.54 Å².